The molecule has 4 nitrogen and oxygen atoms in total. The third-order valence-corrected chi connectivity index (χ3v) is 3.08. The molecule has 0 atom stereocenters. The van der Waals surface area contributed by atoms with E-state index in [1.165, 1.54) is 0 Å². The van der Waals surface area contributed by atoms with Crippen molar-refractivity contribution in [3.63, 3.8) is 0 Å². The summed E-state index contributed by atoms with van der Waals surface area (Å²) in [6.45, 7) is 1.21. The number of aromatic nitrogens is 1. The highest BCUT2D eigenvalue weighted by Crippen LogP contribution is 2.27. The van der Waals surface area contributed by atoms with Gasteiger partial charge < -0.3 is 15.4 Å². The van der Waals surface area contributed by atoms with Gasteiger partial charge in [0.1, 0.15) is 5.75 Å². The van der Waals surface area contributed by atoms with Crippen molar-refractivity contribution in [1.29, 1.82) is 0 Å². The van der Waals surface area contributed by atoms with Crippen molar-refractivity contribution in [2.75, 3.05) is 19.1 Å². The van der Waals surface area contributed by atoms with E-state index in [0.717, 1.165) is 29.2 Å². The van der Waals surface area contributed by atoms with Gasteiger partial charge in [0.2, 0.25) is 0 Å². The normalized spacial score (nSPS) is 10.3. The van der Waals surface area contributed by atoms with Crippen LogP contribution in [0, 0.1) is 0 Å². The van der Waals surface area contributed by atoms with Crippen molar-refractivity contribution < 1.29 is 4.74 Å². The van der Waals surface area contributed by atoms with Gasteiger partial charge in [-0.25, -0.2) is 0 Å². The zero-order chi connectivity index (χ0) is 13.7. The van der Waals surface area contributed by atoms with Gasteiger partial charge >= 0.3 is 0 Å². The van der Waals surface area contributed by atoms with Crippen LogP contribution in [0.5, 0.6) is 5.75 Å². The second kappa shape index (κ2) is 6.20. The van der Waals surface area contributed by atoms with Crippen LogP contribution in [0.2, 0.25) is 0 Å². The van der Waals surface area contributed by atoms with Gasteiger partial charge in [-0.15, -0.1) is 0 Å². The highest BCUT2D eigenvalue weighted by molar-refractivity contribution is 5.58. The maximum Gasteiger partial charge on any atom is 0.142 e. The number of para-hydroxylation sites is 2. The molecule has 19 heavy (non-hydrogen) atoms. The van der Waals surface area contributed by atoms with Gasteiger partial charge in [-0.3, -0.25) is 4.98 Å². The average molecular weight is 257 g/mol. The largest absolute Gasteiger partial charge is 0.495 e. The Kier molecular flexibility index (Phi) is 4.36. The lowest BCUT2D eigenvalue weighted by Crippen LogP contribution is -2.19. The molecular formula is C15H19N3O. The van der Waals surface area contributed by atoms with Gasteiger partial charge in [-0.1, -0.05) is 18.2 Å². The Morgan fingerprint density at radius 2 is 2.00 bits per heavy atom. The van der Waals surface area contributed by atoms with Crippen LogP contribution in [0.4, 0.5) is 5.69 Å². The van der Waals surface area contributed by atoms with Crippen molar-refractivity contribution >= 4 is 5.69 Å². The molecule has 0 radical (unpaired) electrons. The zero-order valence-electron chi connectivity index (χ0n) is 11.3. The number of benzene rings is 1. The summed E-state index contributed by atoms with van der Waals surface area (Å²) in [5.74, 6) is 0.864. The predicted octanol–water partition coefficient (Wildman–Crippen LogP) is 2.19. The molecule has 0 unspecified atom stereocenters. The fourth-order valence-corrected chi connectivity index (χ4v) is 2.08. The summed E-state index contributed by atoms with van der Waals surface area (Å²) < 4.78 is 5.38. The quantitative estimate of drug-likeness (QED) is 0.892. The topological polar surface area (TPSA) is 51.4 Å². The number of ether oxygens (including phenoxy) is 1. The van der Waals surface area contributed by atoms with E-state index in [9.17, 15) is 0 Å². The van der Waals surface area contributed by atoms with Gasteiger partial charge in [0.15, 0.2) is 0 Å². The maximum absolute atomic E-state index is 5.72. The SMILES string of the molecule is COc1ccccc1N(C)Cc1cccnc1CN. The number of anilines is 1. The fraction of sp³-hybridized carbons (Fsp3) is 0.267. The molecule has 2 N–H and O–H groups in total. The summed E-state index contributed by atoms with van der Waals surface area (Å²) in [7, 11) is 3.72. The minimum absolute atomic E-state index is 0.454. The molecule has 0 fully saturated rings. The first-order chi connectivity index (χ1) is 9.26. The van der Waals surface area contributed by atoms with Gasteiger partial charge in [0.05, 0.1) is 18.5 Å². The number of hydrogen-bond donors (Lipinski definition) is 1. The number of methoxy groups -OCH3 is 1. The molecule has 1 aromatic carbocycles. The molecule has 0 aliphatic rings. The standard InChI is InChI=1S/C15H19N3O/c1-18(14-7-3-4-8-15(14)19-2)11-12-6-5-9-17-13(12)10-16/h3-9H,10-11,16H2,1-2H3. The molecule has 0 aliphatic heterocycles. The molecule has 0 saturated heterocycles. The Labute approximate surface area is 113 Å². The van der Waals surface area contributed by atoms with E-state index in [2.05, 4.69) is 16.0 Å². The van der Waals surface area contributed by atoms with E-state index in [0.29, 0.717) is 6.54 Å². The van der Waals surface area contributed by atoms with Gasteiger partial charge in [0, 0.05) is 26.3 Å². The summed E-state index contributed by atoms with van der Waals surface area (Å²) in [6, 6.07) is 12.0. The number of hydrogen-bond acceptors (Lipinski definition) is 4. The van der Waals surface area contributed by atoms with Crippen molar-refractivity contribution in [2.24, 2.45) is 5.73 Å². The molecule has 2 aromatic rings. The minimum Gasteiger partial charge on any atom is -0.495 e. The summed E-state index contributed by atoms with van der Waals surface area (Å²) >= 11 is 0. The van der Waals surface area contributed by atoms with Crippen LogP contribution in [0.15, 0.2) is 42.6 Å². The smallest absolute Gasteiger partial charge is 0.142 e. The maximum atomic E-state index is 5.72. The van der Waals surface area contributed by atoms with Crippen LogP contribution < -0.4 is 15.4 Å². The van der Waals surface area contributed by atoms with Crippen molar-refractivity contribution in [3.05, 3.63) is 53.9 Å². The molecule has 2 rings (SSSR count). The Morgan fingerprint density at radius 1 is 1.21 bits per heavy atom. The molecule has 0 aliphatic carbocycles. The number of nitrogens with zero attached hydrogens (tertiary/aromatic N) is 2. The molecule has 1 aromatic heterocycles. The monoisotopic (exact) mass is 257 g/mol. The lowest BCUT2D eigenvalue weighted by Gasteiger charge is -2.22. The first-order valence-electron chi connectivity index (χ1n) is 6.23. The first kappa shape index (κ1) is 13.4. The Hall–Kier alpha value is -2.07. The Bertz CT molecular complexity index is 542. The summed E-state index contributed by atoms with van der Waals surface area (Å²) in [6.07, 6.45) is 1.77. The lowest BCUT2D eigenvalue weighted by atomic mass is 10.1. The van der Waals surface area contributed by atoms with Crippen LogP contribution in [0.1, 0.15) is 11.3 Å². The lowest BCUT2D eigenvalue weighted by molar-refractivity contribution is 0.415. The van der Waals surface area contributed by atoms with Crippen LogP contribution in [0.3, 0.4) is 0 Å². The Morgan fingerprint density at radius 3 is 2.74 bits per heavy atom. The van der Waals surface area contributed by atoms with E-state index >= 15 is 0 Å². The summed E-state index contributed by atoms with van der Waals surface area (Å²) in [5, 5.41) is 0. The highest BCUT2D eigenvalue weighted by atomic mass is 16.5. The second-order valence-electron chi connectivity index (χ2n) is 4.34. The van der Waals surface area contributed by atoms with Crippen molar-refractivity contribution in [2.45, 2.75) is 13.1 Å². The summed E-state index contributed by atoms with van der Waals surface area (Å²) in [4.78, 5) is 6.44. The van der Waals surface area contributed by atoms with Crippen molar-refractivity contribution in [1.82, 2.24) is 4.98 Å². The average Bonchev–Trinajstić information content (AvgIpc) is 2.47. The molecule has 0 spiro atoms. The predicted molar refractivity (Wildman–Crippen MR) is 77.2 cm³/mol. The van der Waals surface area contributed by atoms with Gasteiger partial charge in [-0.05, 0) is 23.8 Å². The highest BCUT2D eigenvalue weighted by Gasteiger charge is 2.10. The molecular weight excluding hydrogens is 238 g/mol. The fourth-order valence-electron chi connectivity index (χ4n) is 2.08. The van der Waals surface area contributed by atoms with Gasteiger partial charge in [-0.2, -0.15) is 0 Å². The number of nitrogens with two attached hydrogens (primary N) is 1. The summed E-state index contributed by atoms with van der Waals surface area (Å²) in [5.41, 5.74) is 8.84. The number of pyridine rings is 1. The van der Waals surface area contributed by atoms with E-state index in [1.54, 1.807) is 13.3 Å². The molecule has 1 heterocycles. The van der Waals surface area contributed by atoms with E-state index < -0.39 is 0 Å². The van der Waals surface area contributed by atoms with Crippen LogP contribution >= 0.6 is 0 Å². The third-order valence-electron chi connectivity index (χ3n) is 3.08. The van der Waals surface area contributed by atoms with Crippen LogP contribution in [-0.4, -0.2) is 19.1 Å². The number of rotatable bonds is 5. The minimum atomic E-state index is 0.454. The zero-order valence-corrected chi connectivity index (χ0v) is 11.3. The molecule has 100 valence electrons. The van der Waals surface area contributed by atoms with E-state index in [4.69, 9.17) is 10.5 Å². The molecule has 0 saturated carbocycles. The second-order valence-corrected chi connectivity index (χ2v) is 4.34. The van der Waals surface area contributed by atoms with Crippen molar-refractivity contribution in [3.8, 4) is 5.75 Å². The Balaban J connectivity index is 2.23. The molecule has 4 heteroatoms. The van der Waals surface area contributed by atoms with Crippen LogP contribution in [0.25, 0.3) is 0 Å². The third kappa shape index (κ3) is 3.03. The van der Waals surface area contributed by atoms with Crippen LogP contribution in [-0.2, 0) is 13.1 Å². The first-order valence-corrected chi connectivity index (χ1v) is 6.23. The van der Waals surface area contributed by atoms with E-state index in [-0.39, 0.29) is 0 Å². The van der Waals surface area contributed by atoms with E-state index in [1.807, 2.05) is 37.4 Å². The molecule has 0 bridgehead atoms. The molecule has 0 amide bonds. The van der Waals surface area contributed by atoms with Gasteiger partial charge in [0.25, 0.3) is 0 Å².